The third-order valence-corrected chi connectivity index (χ3v) is 9.58. The topological polar surface area (TPSA) is 155 Å². The van der Waals surface area contributed by atoms with Crippen molar-refractivity contribution in [2.75, 3.05) is 28.7 Å². The van der Waals surface area contributed by atoms with Crippen LogP contribution in [0.1, 0.15) is 36.1 Å². The molecule has 1 heterocycles. The molecule has 0 aliphatic rings. The van der Waals surface area contributed by atoms with Crippen LogP contribution in [0.3, 0.4) is 0 Å². The van der Waals surface area contributed by atoms with Crippen molar-refractivity contribution in [3.63, 3.8) is 0 Å². The molecule has 0 saturated carbocycles. The van der Waals surface area contributed by atoms with Crippen LogP contribution in [0.2, 0.25) is 0 Å². The average molecular weight is 682 g/mol. The number of nitrogens with zero attached hydrogens (tertiary/aromatic N) is 4. The molecule has 0 unspecified atom stereocenters. The first-order chi connectivity index (χ1) is 22.9. The predicted octanol–water partition coefficient (Wildman–Crippen LogP) is 6.29. The maximum Gasteiger partial charge on any atom is 0.231 e. The summed E-state index contributed by atoms with van der Waals surface area (Å²) in [4.78, 5) is 10.0. The van der Waals surface area contributed by atoms with Gasteiger partial charge in [0.05, 0.1) is 21.2 Å². The Morgan fingerprint density at radius 3 is 1.44 bits per heavy atom. The van der Waals surface area contributed by atoms with E-state index in [4.69, 9.17) is 9.97 Å². The summed E-state index contributed by atoms with van der Waals surface area (Å²) in [5.41, 5.74) is 11.4. The van der Waals surface area contributed by atoms with Crippen molar-refractivity contribution in [1.29, 1.82) is 0 Å². The number of benzene rings is 4. The number of hydrogen-bond donors (Lipinski definition) is 3. The van der Waals surface area contributed by atoms with Crippen LogP contribution in [0.4, 0.5) is 23.3 Å². The lowest BCUT2D eigenvalue weighted by Gasteiger charge is -2.16. The van der Waals surface area contributed by atoms with Gasteiger partial charge in [-0.2, -0.15) is 20.2 Å². The van der Waals surface area contributed by atoms with E-state index in [1.165, 1.54) is 12.5 Å². The van der Waals surface area contributed by atoms with Gasteiger partial charge in [-0.25, -0.2) is 16.8 Å². The smallest absolute Gasteiger partial charge is 0.231 e. The fourth-order valence-corrected chi connectivity index (χ4v) is 5.89. The van der Waals surface area contributed by atoms with Crippen LogP contribution >= 0.6 is 0 Å². The monoisotopic (exact) mass is 681 g/mol. The van der Waals surface area contributed by atoms with Crippen LogP contribution in [-0.4, -0.2) is 50.7 Å². The summed E-state index contributed by atoms with van der Waals surface area (Å²) in [6.07, 6.45) is 2.77. The van der Waals surface area contributed by atoms with Crippen LogP contribution in [0.25, 0.3) is 0 Å². The molecular formula is C35H35N7O4S2. The van der Waals surface area contributed by atoms with Crippen molar-refractivity contribution in [3.05, 3.63) is 131 Å². The van der Waals surface area contributed by atoms with Gasteiger partial charge in [-0.05, 0) is 66.9 Å². The lowest BCUT2D eigenvalue weighted by molar-refractivity contribution is 0.600. The van der Waals surface area contributed by atoms with Crippen molar-refractivity contribution >= 4 is 54.4 Å². The second-order valence-electron chi connectivity index (χ2n) is 11.1. The lowest BCUT2D eigenvalue weighted by Crippen LogP contribution is -2.11. The van der Waals surface area contributed by atoms with Crippen LogP contribution in [0, 0.1) is 0 Å². The standard InChI is InChI=1S/C35H35N7O4S2/c1-24(27-15-19-30(20-16-27)47(3,43)44)39-41-33-32(23-26-11-7-5-8-12-26)34(38-35(37-33)36-29-13-9-6-10-14-29)42-40-25(2)28-17-21-31(22-18-28)48(4,45)46/h5-22H,23H2,1-4H3,(H3,36,37,38,41,42). The van der Waals surface area contributed by atoms with Gasteiger partial charge in [-0.15, -0.1) is 0 Å². The molecule has 3 N–H and O–H groups in total. The first-order valence-electron chi connectivity index (χ1n) is 14.9. The molecule has 5 rings (SSSR count). The molecule has 0 aliphatic heterocycles. The fourth-order valence-electron chi connectivity index (χ4n) is 4.63. The lowest BCUT2D eigenvalue weighted by atomic mass is 10.1. The summed E-state index contributed by atoms with van der Waals surface area (Å²) >= 11 is 0. The van der Waals surface area contributed by atoms with Gasteiger partial charge in [-0.1, -0.05) is 72.8 Å². The zero-order valence-corrected chi connectivity index (χ0v) is 28.5. The van der Waals surface area contributed by atoms with Crippen molar-refractivity contribution < 1.29 is 16.8 Å². The van der Waals surface area contributed by atoms with Gasteiger partial charge in [0, 0.05) is 30.2 Å². The number of aromatic nitrogens is 2. The van der Waals surface area contributed by atoms with Gasteiger partial charge in [0.15, 0.2) is 31.3 Å². The number of nitrogens with one attached hydrogen (secondary N) is 3. The number of anilines is 4. The fraction of sp³-hybridized carbons (Fsp3) is 0.143. The number of para-hydroxylation sites is 1. The molecule has 0 amide bonds. The first kappa shape index (κ1) is 33.9. The third kappa shape index (κ3) is 8.90. The number of rotatable bonds is 12. The van der Waals surface area contributed by atoms with Gasteiger partial charge < -0.3 is 5.32 Å². The van der Waals surface area contributed by atoms with E-state index in [-0.39, 0.29) is 9.79 Å². The molecule has 5 aromatic rings. The summed E-state index contributed by atoms with van der Waals surface area (Å²) < 4.78 is 47.7. The molecule has 0 saturated heterocycles. The number of sulfone groups is 2. The first-order valence-corrected chi connectivity index (χ1v) is 18.6. The van der Waals surface area contributed by atoms with Gasteiger partial charge in [0.25, 0.3) is 0 Å². The zero-order chi connectivity index (χ0) is 34.3. The van der Waals surface area contributed by atoms with E-state index < -0.39 is 19.7 Å². The highest BCUT2D eigenvalue weighted by atomic mass is 32.2. The second-order valence-corrected chi connectivity index (χ2v) is 15.1. The minimum atomic E-state index is -3.33. The van der Waals surface area contributed by atoms with Crippen molar-refractivity contribution in [3.8, 4) is 0 Å². The van der Waals surface area contributed by atoms with Gasteiger partial charge >= 0.3 is 0 Å². The van der Waals surface area contributed by atoms with Crippen LogP contribution in [-0.2, 0) is 26.1 Å². The summed E-state index contributed by atoms with van der Waals surface area (Å²) in [5, 5.41) is 12.5. The molecule has 13 heteroatoms. The Labute approximate surface area is 280 Å². The van der Waals surface area contributed by atoms with Crippen LogP contribution in [0.15, 0.2) is 129 Å². The highest BCUT2D eigenvalue weighted by molar-refractivity contribution is 7.91. The molecule has 0 atom stereocenters. The molecule has 1 aromatic heterocycles. The van der Waals surface area contributed by atoms with E-state index in [1.807, 2.05) is 74.5 Å². The molecule has 0 spiro atoms. The molecule has 0 fully saturated rings. The molecule has 0 bridgehead atoms. The molecule has 0 aliphatic carbocycles. The van der Waals surface area contributed by atoms with E-state index in [9.17, 15) is 16.8 Å². The summed E-state index contributed by atoms with van der Waals surface area (Å²) in [6.45, 7) is 3.62. The van der Waals surface area contributed by atoms with Crippen LogP contribution in [0.5, 0.6) is 0 Å². The third-order valence-electron chi connectivity index (χ3n) is 7.32. The normalized spacial score (nSPS) is 12.4. The number of hydrazone groups is 2. The van der Waals surface area contributed by atoms with Gasteiger partial charge in [0.2, 0.25) is 5.95 Å². The van der Waals surface area contributed by atoms with Crippen molar-refractivity contribution in [2.45, 2.75) is 30.1 Å². The summed E-state index contributed by atoms with van der Waals surface area (Å²) in [7, 11) is -6.66. The Kier molecular flexibility index (Phi) is 10.3. The largest absolute Gasteiger partial charge is 0.324 e. The van der Waals surface area contributed by atoms with Gasteiger partial charge in [0.1, 0.15) is 0 Å². The molecule has 48 heavy (non-hydrogen) atoms. The van der Waals surface area contributed by atoms with E-state index in [1.54, 1.807) is 48.5 Å². The highest BCUT2D eigenvalue weighted by Crippen LogP contribution is 2.28. The summed E-state index contributed by atoms with van der Waals surface area (Å²) in [5.74, 6) is 1.14. The predicted molar refractivity (Wildman–Crippen MR) is 192 cm³/mol. The van der Waals surface area contributed by atoms with Gasteiger partial charge in [-0.3, -0.25) is 10.9 Å². The highest BCUT2D eigenvalue weighted by Gasteiger charge is 2.17. The minimum Gasteiger partial charge on any atom is -0.324 e. The molecule has 246 valence electrons. The Balaban J connectivity index is 1.55. The summed E-state index contributed by atoms with van der Waals surface area (Å²) in [6, 6.07) is 32.4. The Morgan fingerprint density at radius 1 is 0.604 bits per heavy atom. The quantitative estimate of drug-likeness (QED) is 0.102. The molecular weight excluding hydrogens is 647 g/mol. The maximum atomic E-state index is 11.9. The Morgan fingerprint density at radius 2 is 1.02 bits per heavy atom. The minimum absolute atomic E-state index is 0.225. The zero-order valence-electron chi connectivity index (χ0n) is 26.8. The van der Waals surface area contributed by atoms with E-state index in [0.29, 0.717) is 41.0 Å². The van der Waals surface area contributed by atoms with Crippen LogP contribution < -0.4 is 16.2 Å². The Bertz CT molecular complexity index is 2060. The Hall–Kier alpha value is -5.40. The van der Waals surface area contributed by atoms with Crippen molar-refractivity contribution in [2.24, 2.45) is 10.2 Å². The average Bonchev–Trinajstić information content (AvgIpc) is 3.07. The van der Waals surface area contributed by atoms with E-state index >= 15 is 0 Å². The second kappa shape index (κ2) is 14.6. The van der Waals surface area contributed by atoms with E-state index in [2.05, 4.69) is 26.4 Å². The van der Waals surface area contributed by atoms with Crippen molar-refractivity contribution in [1.82, 2.24) is 9.97 Å². The van der Waals surface area contributed by atoms with E-state index in [0.717, 1.165) is 22.4 Å². The maximum absolute atomic E-state index is 11.9. The molecule has 4 aromatic carbocycles. The molecule has 11 nitrogen and oxygen atoms in total. The number of hydrogen-bond acceptors (Lipinski definition) is 11. The SMILES string of the molecule is CC(=NNc1nc(Nc2ccccc2)nc(NN=C(C)c2ccc(S(C)(=O)=O)cc2)c1Cc1ccccc1)c1ccc(S(C)(=O)=O)cc1. The molecule has 0 radical (unpaired) electrons.